The van der Waals surface area contributed by atoms with E-state index < -0.39 is 0 Å². The molecular weight excluding hydrogens is 371 g/mol. The molecule has 0 bridgehead atoms. The summed E-state index contributed by atoms with van der Waals surface area (Å²) in [5.41, 5.74) is 0.863. The first kappa shape index (κ1) is 16.5. The van der Waals surface area contributed by atoms with Gasteiger partial charge >= 0.3 is 0 Å². The number of aromatic nitrogens is 3. The number of nitrogens with zero attached hydrogens (tertiary/aromatic N) is 5. The topological polar surface area (TPSA) is 71.5 Å². The Bertz CT molecular complexity index is 536. The molecule has 0 atom stereocenters. The summed E-state index contributed by atoms with van der Waals surface area (Å²) in [4.78, 5) is 10.5. The quantitative estimate of drug-likeness (QED) is 0.483. The van der Waals surface area contributed by atoms with Crippen LogP contribution in [0.15, 0.2) is 34.2 Å². The predicted octanol–water partition coefficient (Wildman–Crippen LogP) is 1.23. The van der Waals surface area contributed by atoms with Crippen molar-refractivity contribution >= 4 is 29.9 Å². The zero-order chi connectivity index (χ0) is 13.7. The highest BCUT2D eigenvalue weighted by Gasteiger charge is 2.09. The highest BCUT2D eigenvalue weighted by Crippen LogP contribution is 2.00. The van der Waals surface area contributed by atoms with Crippen LogP contribution < -0.4 is 5.32 Å². The first-order chi connectivity index (χ1) is 9.20. The lowest BCUT2D eigenvalue weighted by Crippen LogP contribution is -2.38. The molecule has 110 valence electrons. The molecule has 0 fully saturated rings. The molecule has 0 aromatic carbocycles. The molecule has 0 unspecified atom stereocenters. The number of imidazole rings is 1. The highest BCUT2D eigenvalue weighted by molar-refractivity contribution is 14.0. The van der Waals surface area contributed by atoms with Crippen LogP contribution in [0, 0.1) is 0 Å². The summed E-state index contributed by atoms with van der Waals surface area (Å²) in [6.45, 7) is 1.26. The van der Waals surface area contributed by atoms with E-state index in [1.807, 2.05) is 35.8 Å². The molecule has 1 N–H and O–H groups in total. The molecule has 0 amide bonds. The summed E-state index contributed by atoms with van der Waals surface area (Å²) < 4.78 is 6.78. The third-order valence-corrected chi connectivity index (χ3v) is 2.79. The summed E-state index contributed by atoms with van der Waals surface area (Å²) in [6.07, 6.45) is 5.25. The molecule has 0 aliphatic carbocycles. The van der Waals surface area contributed by atoms with Crippen molar-refractivity contribution in [3.63, 3.8) is 0 Å². The zero-order valence-electron chi connectivity index (χ0n) is 11.8. The molecular formula is C12H19IN6O. The van der Waals surface area contributed by atoms with E-state index in [-0.39, 0.29) is 24.0 Å². The van der Waals surface area contributed by atoms with Gasteiger partial charge in [-0.15, -0.1) is 24.0 Å². The van der Waals surface area contributed by atoms with Gasteiger partial charge in [0, 0.05) is 39.6 Å². The maximum absolute atomic E-state index is 4.81. The van der Waals surface area contributed by atoms with E-state index >= 15 is 0 Å². The summed E-state index contributed by atoms with van der Waals surface area (Å²) in [7, 11) is 5.66. The number of nitrogens with one attached hydrogen (secondary N) is 1. The van der Waals surface area contributed by atoms with Gasteiger partial charge in [-0.25, -0.2) is 4.98 Å². The van der Waals surface area contributed by atoms with Crippen LogP contribution in [0.3, 0.4) is 0 Å². The fourth-order valence-corrected chi connectivity index (χ4v) is 1.75. The maximum atomic E-state index is 4.81. The van der Waals surface area contributed by atoms with Crippen LogP contribution in [0.5, 0.6) is 0 Å². The minimum absolute atomic E-state index is 0. The third kappa shape index (κ3) is 4.22. The second-order valence-electron chi connectivity index (χ2n) is 4.20. The van der Waals surface area contributed by atoms with Crippen LogP contribution in [0.25, 0.3) is 0 Å². The number of hydrogen-bond donors (Lipinski definition) is 1. The maximum Gasteiger partial charge on any atom is 0.194 e. The SMILES string of the molecule is CN=C(NCc1nccn1C)N(C)Cc1ccon1.I. The van der Waals surface area contributed by atoms with E-state index in [4.69, 9.17) is 4.52 Å². The van der Waals surface area contributed by atoms with Gasteiger partial charge in [-0.05, 0) is 0 Å². The molecule has 20 heavy (non-hydrogen) atoms. The summed E-state index contributed by atoms with van der Waals surface area (Å²) >= 11 is 0. The van der Waals surface area contributed by atoms with Gasteiger partial charge in [-0.2, -0.15) is 0 Å². The fourth-order valence-electron chi connectivity index (χ4n) is 1.75. The van der Waals surface area contributed by atoms with Gasteiger partial charge in [0.2, 0.25) is 0 Å². The Balaban J connectivity index is 0.00000200. The van der Waals surface area contributed by atoms with Gasteiger partial charge in [0.1, 0.15) is 17.8 Å². The molecule has 0 radical (unpaired) electrons. The van der Waals surface area contributed by atoms with Gasteiger partial charge < -0.3 is 19.3 Å². The van der Waals surface area contributed by atoms with Crippen LogP contribution in [-0.2, 0) is 20.1 Å². The lowest BCUT2D eigenvalue weighted by molar-refractivity contribution is 0.391. The number of aryl methyl sites for hydroxylation is 1. The molecule has 8 heteroatoms. The van der Waals surface area contributed by atoms with Crippen molar-refractivity contribution in [2.45, 2.75) is 13.1 Å². The predicted molar refractivity (Wildman–Crippen MR) is 86.8 cm³/mol. The number of rotatable bonds is 4. The van der Waals surface area contributed by atoms with E-state index in [1.54, 1.807) is 19.5 Å². The van der Waals surface area contributed by atoms with Gasteiger partial charge in [-0.3, -0.25) is 4.99 Å². The van der Waals surface area contributed by atoms with Crippen molar-refractivity contribution in [3.8, 4) is 0 Å². The second-order valence-corrected chi connectivity index (χ2v) is 4.20. The zero-order valence-corrected chi connectivity index (χ0v) is 14.1. The van der Waals surface area contributed by atoms with E-state index in [0.29, 0.717) is 13.1 Å². The Labute approximate surface area is 135 Å². The third-order valence-electron chi connectivity index (χ3n) is 2.79. The van der Waals surface area contributed by atoms with Crippen molar-refractivity contribution in [1.82, 2.24) is 24.9 Å². The second kappa shape index (κ2) is 7.88. The first-order valence-corrected chi connectivity index (χ1v) is 5.98. The average molecular weight is 390 g/mol. The van der Waals surface area contributed by atoms with Gasteiger partial charge in [0.25, 0.3) is 0 Å². The number of guanidine groups is 1. The normalized spacial score (nSPS) is 11.1. The van der Waals surface area contributed by atoms with Crippen molar-refractivity contribution in [2.75, 3.05) is 14.1 Å². The Morgan fingerprint density at radius 3 is 2.90 bits per heavy atom. The average Bonchev–Trinajstić information content (AvgIpc) is 3.02. The monoisotopic (exact) mass is 390 g/mol. The van der Waals surface area contributed by atoms with Gasteiger partial charge in [0.05, 0.1) is 13.1 Å². The molecule has 0 saturated carbocycles. The van der Waals surface area contributed by atoms with E-state index in [9.17, 15) is 0 Å². The van der Waals surface area contributed by atoms with Crippen molar-refractivity contribution in [2.24, 2.45) is 12.0 Å². The largest absolute Gasteiger partial charge is 0.364 e. The molecule has 7 nitrogen and oxygen atoms in total. The molecule has 0 aliphatic heterocycles. The van der Waals surface area contributed by atoms with Crippen LogP contribution in [-0.4, -0.2) is 39.7 Å². The van der Waals surface area contributed by atoms with Crippen LogP contribution in [0.2, 0.25) is 0 Å². The van der Waals surface area contributed by atoms with Crippen LogP contribution in [0.1, 0.15) is 11.5 Å². The Kier molecular flexibility index (Phi) is 6.49. The fraction of sp³-hybridized carbons (Fsp3) is 0.417. The first-order valence-electron chi connectivity index (χ1n) is 5.98. The summed E-state index contributed by atoms with van der Waals surface area (Å²) in [6, 6.07) is 1.84. The molecule has 2 aromatic heterocycles. The van der Waals surface area contributed by atoms with Crippen LogP contribution >= 0.6 is 24.0 Å². The minimum Gasteiger partial charge on any atom is -0.364 e. The van der Waals surface area contributed by atoms with Gasteiger partial charge in [-0.1, -0.05) is 5.16 Å². The molecule has 0 saturated heterocycles. The molecule has 2 aromatic rings. The van der Waals surface area contributed by atoms with E-state index in [0.717, 1.165) is 17.5 Å². The van der Waals surface area contributed by atoms with E-state index in [2.05, 4.69) is 20.4 Å². The van der Waals surface area contributed by atoms with Gasteiger partial charge in [0.15, 0.2) is 5.96 Å². The van der Waals surface area contributed by atoms with E-state index in [1.165, 1.54) is 0 Å². The Morgan fingerprint density at radius 2 is 2.35 bits per heavy atom. The Morgan fingerprint density at radius 1 is 1.55 bits per heavy atom. The summed E-state index contributed by atoms with van der Waals surface area (Å²) in [5.74, 6) is 1.74. The Hall–Kier alpha value is -1.58. The molecule has 0 spiro atoms. The van der Waals surface area contributed by atoms with Crippen molar-refractivity contribution in [1.29, 1.82) is 0 Å². The smallest absolute Gasteiger partial charge is 0.194 e. The van der Waals surface area contributed by atoms with Crippen molar-refractivity contribution < 1.29 is 4.52 Å². The molecule has 0 aliphatic rings. The number of halogens is 1. The highest BCUT2D eigenvalue weighted by atomic mass is 127. The van der Waals surface area contributed by atoms with Crippen LogP contribution in [0.4, 0.5) is 0 Å². The summed E-state index contributed by atoms with van der Waals surface area (Å²) in [5, 5.41) is 7.14. The lowest BCUT2D eigenvalue weighted by Gasteiger charge is -2.20. The minimum atomic E-state index is 0. The standard InChI is InChI=1S/C12H18N6O.HI/c1-13-12(15-8-11-14-5-6-17(11)2)18(3)9-10-4-7-19-16-10;/h4-7H,8-9H2,1-3H3,(H,13,15);1H. The molecule has 2 rings (SSSR count). The van der Waals surface area contributed by atoms with Crippen molar-refractivity contribution in [3.05, 3.63) is 36.2 Å². The number of hydrogen-bond acceptors (Lipinski definition) is 4. The lowest BCUT2D eigenvalue weighted by atomic mass is 10.4. The number of aliphatic imine (C=N–C) groups is 1. The molecule has 2 heterocycles.